The van der Waals surface area contributed by atoms with Crippen molar-refractivity contribution in [2.24, 2.45) is 5.92 Å². The summed E-state index contributed by atoms with van der Waals surface area (Å²) in [4.78, 5) is 40.0. The second-order valence-electron chi connectivity index (χ2n) is 16.4. The van der Waals surface area contributed by atoms with Crippen LogP contribution in [0.5, 0.6) is 0 Å². The van der Waals surface area contributed by atoms with Gasteiger partial charge in [0.2, 0.25) is 0 Å². The van der Waals surface area contributed by atoms with E-state index in [1.165, 1.54) is 16.7 Å². The SMILES string of the molecule is CCC(CC(=O)OC1CC(C)(C)N(OC(C)C2=CCCC=C2)C(C)(C)C1)C(=O)OC1CC(C)(C)N2OC(C)c3ccccc3C2(C)C1. The molecule has 0 spiro atoms. The standard InChI is InChI=1S/C39H58N2O6/c1-11-28(35(43)45-31-24-38(8,9)41-39(10,25-31)33-20-16-15-19-32(33)27(3)47-41)21-34(42)44-30-22-36(4,5)40(37(6,7)23-30)46-26(2)29-17-13-12-14-18-29/h13,15-20,26-28,30-31H,11-12,14,21-25H2,1-10H3. The number of benzene rings is 1. The van der Waals surface area contributed by atoms with Crippen molar-refractivity contribution >= 4 is 11.9 Å². The normalized spacial score (nSPS) is 30.0. The summed E-state index contributed by atoms with van der Waals surface area (Å²) < 4.78 is 12.3. The smallest absolute Gasteiger partial charge is 0.309 e. The first-order valence-corrected chi connectivity index (χ1v) is 17.8. The van der Waals surface area contributed by atoms with Crippen molar-refractivity contribution in [1.29, 1.82) is 0 Å². The van der Waals surface area contributed by atoms with Crippen LogP contribution in [0.4, 0.5) is 0 Å². The quantitative estimate of drug-likeness (QED) is 0.247. The molecule has 0 N–H and O–H groups in total. The summed E-state index contributed by atoms with van der Waals surface area (Å²) in [5.74, 6) is -1.24. The molecule has 0 amide bonds. The van der Waals surface area contributed by atoms with Gasteiger partial charge in [-0.2, -0.15) is 10.1 Å². The third-order valence-electron chi connectivity index (χ3n) is 10.7. The molecule has 0 radical (unpaired) electrons. The molecule has 5 atom stereocenters. The summed E-state index contributed by atoms with van der Waals surface area (Å²) >= 11 is 0. The van der Waals surface area contributed by atoms with Crippen LogP contribution in [-0.2, 0) is 34.3 Å². The number of rotatable bonds is 9. The van der Waals surface area contributed by atoms with Gasteiger partial charge in [0.05, 0.1) is 17.9 Å². The van der Waals surface area contributed by atoms with E-state index in [4.69, 9.17) is 19.1 Å². The summed E-state index contributed by atoms with van der Waals surface area (Å²) in [7, 11) is 0. The first-order chi connectivity index (χ1) is 22.0. The van der Waals surface area contributed by atoms with Crippen molar-refractivity contribution in [1.82, 2.24) is 10.1 Å². The second-order valence-corrected chi connectivity index (χ2v) is 16.4. The zero-order valence-electron chi connectivity index (χ0n) is 30.4. The third kappa shape index (κ3) is 7.41. The van der Waals surface area contributed by atoms with Crippen molar-refractivity contribution in [2.75, 3.05) is 0 Å². The number of fused-ring (bicyclic) bond motifs is 3. The van der Waals surface area contributed by atoms with E-state index in [1.807, 2.05) is 13.0 Å². The molecule has 8 nitrogen and oxygen atoms in total. The molecule has 2 fully saturated rings. The van der Waals surface area contributed by atoms with Crippen molar-refractivity contribution in [3.8, 4) is 0 Å². The predicted octanol–water partition coefficient (Wildman–Crippen LogP) is 8.27. The first kappa shape index (κ1) is 35.8. The van der Waals surface area contributed by atoms with E-state index in [0.717, 1.165) is 12.8 Å². The monoisotopic (exact) mass is 650 g/mol. The number of nitrogens with zero attached hydrogens (tertiary/aromatic N) is 2. The fourth-order valence-electron chi connectivity index (χ4n) is 8.81. The van der Waals surface area contributed by atoms with Crippen LogP contribution in [0.15, 0.2) is 48.1 Å². The van der Waals surface area contributed by atoms with Gasteiger partial charge < -0.3 is 9.47 Å². The highest BCUT2D eigenvalue weighted by Gasteiger charge is 2.55. The van der Waals surface area contributed by atoms with Crippen LogP contribution in [0, 0.1) is 5.92 Å². The molecule has 0 saturated carbocycles. The lowest BCUT2D eigenvalue weighted by Gasteiger charge is -2.58. The fraction of sp³-hybridized carbons (Fsp3) is 0.692. The Labute approximate surface area is 282 Å². The molecule has 5 unspecified atom stereocenters. The highest BCUT2D eigenvalue weighted by atomic mass is 16.7. The highest BCUT2D eigenvalue weighted by Crippen LogP contribution is 2.52. The fourth-order valence-corrected chi connectivity index (χ4v) is 8.81. The number of hydroxylamine groups is 4. The maximum atomic E-state index is 13.6. The molecule has 0 bridgehead atoms. The first-order valence-electron chi connectivity index (χ1n) is 17.8. The van der Waals surface area contributed by atoms with Gasteiger partial charge in [0, 0.05) is 42.3 Å². The summed E-state index contributed by atoms with van der Waals surface area (Å²) in [5.41, 5.74) is 2.04. The largest absolute Gasteiger partial charge is 0.462 e. The third-order valence-corrected chi connectivity index (χ3v) is 10.7. The van der Waals surface area contributed by atoms with Gasteiger partial charge in [0.15, 0.2) is 0 Å². The Bertz CT molecular complexity index is 1360. The number of ether oxygens (including phenoxy) is 2. The number of hydrogen-bond acceptors (Lipinski definition) is 8. The summed E-state index contributed by atoms with van der Waals surface area (Å²) in [6.07, 6.45) is 11.1. The molecular formula is C39H58N2O6. The molecule has 1 aromatic carbocycles. The lowest BCUT2D eigenvalue weighted by Crippen LogP contribution is -2.63. The minimum absolute atomic E-state index is 0.00733. The van der Waals surface area contributed by atoms with Gasteiger partial charge in [-0.25, -0.2) is 0 Å². The van der Waals surface area contributed by atoms with Gasteiger partial charge in [-0.3, -0.25) is 19.3 Å². The van der Waals surface area contributed by atoms with Gasteiger partial charge in [-0.15, -0.1) is 0 Å². The van der Waals surface area contributed by atoms with E-state index < -0.39 is 11.5 Å². The van der Waals surface area contributed by atoms with Crippen LogP contribution in [-0.4, -0.2) is 57.0 Å². The lowest BCUT2D eigenvalue weighted by atomic mass is 9.73. The van der Waals surface area contributed by atoms with Crippen molar-refractivity contribution in [2.45, 2.75) is 167 Å². The average molecular weight is 651 g/mol. The number of piperidine rings is 2. The number of carbonyl (C=O) groups is 2. The van der Waals surface area contributed by atoms with Crippen LogP contribution in [0.2, 0.25) is 0 Å². The topological polar surface area (TPSA) is 77.5 Å². The minimum atomic E-state index is -0.562. The molecule has 1 aromatic rings. The average Bonchev–Trinajstić information content (AvgIpc) is 2.98. The molecular weight excluding hydrogens is 592 g/mol. The van der Waals surface area contributed by atoms with E-state index in [2.05, 4.69) is 109 Å². The molecule has 3 aliphatic heterocycles. The summed E-state index contributed by atoms with van der Waals surface area (Å²) in [6, 6.07) is 8.39. The van der Waals surface area contributed by atoms with Crippen molar-refractivity contribution in [3.05, 3.63) is 59.2 Å². The van der Waals surface area contributed by atoms with Gasteiger partial charge in [-0.05, 0) is 98.3 Å². The Kier molecular flexibility index (Phi) is 10.2. The number of hydrogen-bond donors (Lipinski definition) is 0. The Morgan fingerprint density at radius 1 is 0.915 bits per heavy atom. The Morgan fingerprint density at radius 3 is 2.19 bits per heavy atom. The maximum Gasteiger partial charge on any atom is 0.309 e. The van der Waals surface area contributed by atoms with Crippen LogP contribution < -0.4 is 0 Å². The van der Waals surface area contributed by atoms with Crippen LogP contribution in [0.3, 0.4) is 0 Å². The highest BCUT2D eigenvalue weighted by molar-refractivity contribution is 5.80. The lowest BCUT2D eigenvalue weighted by molar-refractivity contribution is -0.332. The molecule has 4 aliphatic rings. The molecule has 1 aliphatic carbocycles. The van der Waals surface area contributed by atoms with Gasteiger partial charge in [-0.1, -0.05) is 49.4 Å². The van der Waals surface area contributed by atoms with Gasteiger partial charge in [0.1, 0.15) is 24.4 Å². The Hall–Kier alpha value is -2.52. The molecule has 260 valence electrons. The predicted molar refractivity (Wildman–Crippen MR) is 183 cm³/mol. The maximum absolute atomic E-state index is 13.6. The van der Waals surface area contributed by atoms with Gasteiger partial charge in [0.25, 0.3) is 0 Å². The van der Waals surface area contributed by atoms with Crippen molar-refractivity contribution in [3.63, 3.8) is 0 Å². The molecule has 5 rings (SSSR count). The van der Waals surface area contributed by atoms with E-state index in [1.54, 1.807) is 0 Å². The van der Waals surface area contributed by atoms with Crippen LogP contribution in [0.25, 0.3) is 0 Å². The zero-order valence-corrected chi connectivity index (χ0v) is 30.4. The molecule has 2 saturated heterocycles. The summed E-state index contributed by atoms with van der Waals surface area (Å²) in [5, 5.41) is 4.23. The molecule has 47 heavy (non-hydrogen) atoms. The number of allylic oxidation sites excluding steroid dienone is 2. The van der Waals surface area contributed by atoms with Gasteiger partial charge >= 0.3 is 11.9 Å². The number of esters is 2. The Morgan fingerprint density at radius 2 is 1.55 bits per heavy atom. The van der Waals surface area contributed by atoms with E-state index in [0.29, 0.717) is 32.1 Å². The van der Waals surface area contributed by atoms with E-state index in [-0.39, 0.29) is 59.4 Å². The zero-order chi connectivity index (χ0) is 34.4. The minimum Gasteiger partial charge on any atom is -0.462 e. The van der Waals surface area contributed by atoms with E-state index >= 15 is 0 Å². The second kappa shape index (κ2) is 13.4. The summed E-state index contributed by atoms with van der Waals surface area (Å²) in [6.45, 7) is 21.1. The number of carbonyl (C=O) groups excluding carboxylic acids is 2. The molecule has 0 aromatic heterocycles. The van der Waals surface area contributed by atoms with Crippen molar-refractivity contribution < 1.29 is 28.7 Å². The van der Waals surface area contributed by atoms with E-state index in [9.17, 15) is 9.59 Å². The van der Waals surface area contributed by atoms with Crippen LogP contribution >= 0.6 is 0 Å². The molecule has 8 heteroatoms. The Balaban J connectivity index is 1.20. The molecule has 3 heterocycles. The van der Waals surface area contributed by atoms with Crippen LogP contribution in [0.1, 0.15) is 138 Å².